The molecule has 0 unspecified atom stereocenters. The number of fused-ring (bicyclic) bond motifs is 1. The predicted octanol–water partition coefficient (Wildman–Crippen LogP) is 4.14. The Morgan fingerprint density at radius 3 is 2.55 bits per heavy atom. The maximum Gasteiger partial charge on any atom is 0.336 e. The molecule has 2 heterocycles. The van der Waals surface area contributed by atoms with Gasteiger partial charge in [0.2, 0.25) is 0 Å². The maximum atomic E-state index is 11.5. The topological polar surface area (TPSA) is 93.5 Å². The van der Waals surface area contributed by atoms with E-state index >= 15 is 0 Å². The van der Waals surface area contributed by atoms with E-state index in [0.29, 0.717) is 23.4 Å². The molecule has 0 atom stereocenters. The molecule has 0 aliphatic heterocycles. The first-order valence-electron chi connectivity index (χ1n) is 9.53. The smallest absolute Gasteiger partial charge is 0.336 e. The van der Waals surface area contributed by atoms with Crippen LogP contribution in [-0.2, 0) is 12.8 Å². The van der Waals surface area contributed by atoms with Gasteiger partial charge in [0.05, 0.1) is 11.3 Å². The molecule has 0 saturated heterocycles. The van der Waals surface area contributed by atoms with Crippen LogP contribution in [0.25, 0.3) is 16.8 Å². The summed E-state index contributed by atoms with van der Waals surface area (Å²) < 4.78 is 1.85. The van der Waals surface area contributed by atoms with Crippen LogP contribution < -0.4 is 5.73 Å². The van der Waals surface area contributed by atoms with Crippen LogP contribution in [0.4, 0.5) is 5.82 Å². The van der Waals surface area contributed by atoms with E-state index in [9.17, 15) is 9.90 Å². The van der Waals surface area contributed by atoms with Crippen LogP contribution in [0.1, 0.15) is 39.8 Å². The van der Waals surface area contributed by atoms with Crippen LogP contribution in [0.2, 0.25) is 0 Å². The van der Waals surface area contributed by atoms with Gasteiger partial charge in [0.15, 0.2) is 5.65 Å². The molecule has 146 valence electrons. The number of carboxylic acid groups (broad SMARTS) is 1. The monoisotopic (exact) mass is 386 g/mol. The average Bonchev–Trinajstić information content (AvgIpc) is 3.06. The van der Waals surface area contributed by atoms with Crippen molar-refractivity contribution in [2.75, 3.05) is 5.73 Å². The molecule has 6 nitrogen and oxygen atoms in total. The molecule has 2 aromatic carbocycles. The molecule has 0 aliphatic carbocycles. The number of hydrogen-bond donors (Lipinski definition) is 2. The number of hydrogen-bond acceptors (Lipinski definition) is 4. The van der Waals surface area contributed by atoms with Crippen LogP contribution in [-0.4, -0.2) is 25.7 Å². The van der Waals surface area contributed by atoms with Crippen molar-refractivity contribution in [3.8, 4) is 11.1 Å². The number of benzene rings is 2. The minimum atomic E-state index is -0.928. The number of aromatic nitrogens is 3. The van der Waals surface area contributed by atoms with Crippen molar-refractivity contribution in [2.45, 2.75) is 26.7 Å². The van der Waals surface area contributed by atoms with E-state index in [2.05, 4.69) is 11.9 Å². The van der Waals surface area contributed by atoms with E-state index in [1.54, 1.807) is 12.1 Å². The molecule has 4 aromatic rings. The third-order valence-corrected chi connectivity index (χ3v) is 5.10. The van der Waals surface area contributed by atoms with Crippen molar-refractivity contribution in [3.05, 3.63) is 82.7 Å². The van der Waals surface area contributed by atoms with Crippen molar-refractivity contribution in [1.29, 1.82) is 0 Å². The highest BCUT2D eigenvalue weighted by Crippen LogP contribution is 2.26. The molecule has 6 heteroatoms. The molecule has 0 aliphatic rings. The highest BCUT2D eigenvalue weighted by Gasteiger charge is 2.16. The van der Waals surface area contributed by atoms with E-state index in [1.807, 2.05) is 53.9 Å². The molecule has 0 radical (unpaired) electrons. The number of nitrogen functional groups attached to an aromatic ring is 1. The highest BCUT2D eigenvalue weighted by molar-refractivity contribution is 5.96. The van der Waals surface area contributed by atoms with Crippen LogP contribution >= 0.6 is 0 Å². The summed E-state index contributed by atoms with van der Waals surface area (Å²) >= 11 is 0. The summed E-state index contributed by atoms with van der Waals surface area (Å²) in [5, 5.41) is 14.1. The lowest BCUT2D eigenvalue weighted by atomic mass is 9.97. The number of rotatable bonds is 5. The Labute approximate surface area is 168 Å². The second-order valence-corrected chi connectivity index (χ2v) is 7.06. The molecular formula is C23H22N4O2. The number of carboxylic acids is 1. The molecule has 3 N–H and O–H groups in total. The first-order chi connectivity index (χ1) is 14.0. The molecular weight excluding hydrogens is 364 g/mol. The van der Waals surface area contributed by atoms with Crippen molar-refractivity contribution < 1.29 is 9.90 Å². The summed E-state index contributed by atoms with van der Waals surface area (Å²) in [6.07, 6.45) is 1.49. The number of nitrogens with zero attached hydrogens (tertiary/aromatic N) is 3. The van der Waals surface area contributed by atoms with Crippen LogP contribution in [0.3, 0.4) is 0 Å². The number of carbonyl (C=O) groups is 1. The lowest BCUT2D eigenvalue weighted by Crippen LogP contribution is -2.01. The van der Waals surface area contributed by atoms with Gasteiger partial charge in [-0.25, -0.2) is 14.3 Å². The fourth-order valence-electron chi connectivity index (χ4n) is 3.67. The second kappa shape index (κ2) is 7.39. The van der Waals surface area contributed by atoms with Gasteiger partial charge >= 0.3 is 5.97 Å². The first kappa shape index (κ1) is 18.7. The third-order valence-electron chi connectivity index (χ3n) is 5.10. The summed E-state index contributed by atoms with van der Waals surface area (Å²) in [6.45, 7) is 4.05. The SMILES string of the molecule is CCc1nn2c(C)cc(N)nc2c1Cc1ccc(-c2ccccc2C(=O)O)cc1. The number of aryl methyl sites for hydroxylation is 2. The van der Waals surface area contributed by atoms with Gasteiger partial charge in [0, 0.05) is 23.7 Å². The molecule has 0 spiro atoms. The quantitative estimate of drug-likeness (QED) is 0.538. The van der Waals surface area contributed by atoms with E-state index in [-0.39, 0.29) is 0 Å². The average molecular weight is 386 g/mol. The maximum absolute atomic E-state index is 11.5. The van der Waals surface area contributed by atoms with Crippen LogP contribution in [0, 0.1) is 6.92 Å². The summed E-state index contributed by atoms with van der Waals surface area (Å²) in [6, 6.07) is 16.8. The lowest BCUT2D eigenvalue weighted by Gasteiger charge is -2.08. The minimum Gasteiger partial charge on any atom is -0.478 e. The van der Waals surface area contributed by atoms with Crippen molar-refractivity contribution in [1.82, 2.24) is 14.6 Å². The van der Waals surface area contributed by atoms with E-state index < -0.39 is 5.97 Å². The molecule has 0 amide bonds. The third kappa shape index (κ3) is 3.45. The Kier molecular flexibility index (Phi) is 4.76. The first-order valence-corrected chi connectivity index (χ1v) is 9.53. The molecule has 4 rings (SSSR count). The summed E-state index contributed by atoms with van der Waals surface area (Å²) in [7, 11) is 0. The summed E-state index contributed by atoms with van der Waals surface area (Å²) in [4.78, 5) is 16.0. The van der Waals surface area contributed by atoms with Gasteiger partial charge in [-0.05, 0) is 36.1 Å². The molecule has 0 saturated carbocycles. The lowest BCUT2D eigenvalue weighted by molar-refractivity contribution is 0.0697. The second-order valence-electron chi connectivity index (χ2n) is 7.06. The number of anilines is 1. The Balaban J connectivity index is 1.71. The van der Waals surface area contributed by atoms with E-state index in [0.717, 1.165) is 40.1 Å². The molecule has 0 bridgehead atoms. The van der Waals surface area contributed by atoms with Gasteiger partial charge < -0.3 is 10.8 Å². The Hall–Kier alpha value is -3.67. The summed E-state index contributed by atoms with van der Waals surface area (Å²) in [5.74, 6) is -0.443. The Morgan fingerprint density at radius 1 is 1.14 bits per heavy atom. The fourth-order valence-corrected chi connectivity index (χ4v) is 3.67. The Morgan fingerprint density at radius 2 is 1.86 bits per heavy atom. The van der Waals surface area contributed by atoms with Gasteiger partial charge in [-0.2, -0.15) is 5.10 Å². The normalized spacial score (nSPS) is 11.1. The molecule has 0 fully saturated rings. The van der Waals surface area contributed by atoms with Gasteiger partial charge in [-0.1, -0.05) is 49.4 Å². The van der Waals surface area contributed by atoms with Gasteiger partial charge in [0.1, 0.15) is 5.82 Å². The van der Waals surface area contributed by atoms with Gasteiger partial charge in [0.25, 0.3) is 0 Å². The van der Waals surface area contributed by atoms with Crippen molar-refractivity contribution in [3.63, 3.8) is 0 Å². The number of aromatic carboxylic acids is 1. The van der Waals surface area contributed by atoms with Crippen molar-refractivity contribution >= 4 is 17.4 Å². The largest absolute Gasteiger partial charge is 0.478 e. The zero-order chi connectivity index (χ0) is 20.5. The zero-order valence-electron chi connectivity index (χ0n) is 16.4. The standard InChI is InChI=1S/C23H22N4O2/c1-3-20-19(22-25-21(24)12-14(2)27(22)26-20)13-15-8-10-16(11-9-15)17-6-4-5-7-18(17)23(28)29/h4-12H,3,13H2,1-2H3,(H2,24,25)(H,28,29). The molecule has 2 aromatic heterocycles. The van der Waals surface area contributed by atoms with E-state index in [4.69, 9.17) is 10.8 Å². The Bertz CT molecular complexity index is 1210. The van der Waals surface area contributed by atoms with Crippen LogP contribution in [0.5, 0.6) is 0 Å². The minimum absolute atomic E-state index is 0.297. The predicted molar refractivity (Wildman–Crippen MR) is 113 cm³/mol. The molecule has 29 heavy (non-hydrogen) atoms. The summed E-state index contributed by atoms with van der Waals surface area (Å²) in [5.41, 5.74) is 12.8. The van der Waals surface area contributed by atoms with Crippen LogP contribution in [0.15, 0.2) is 54.6 Å². The van der Waals surface area contributed by atoms with Gasteiger partial charge in [-0.3, -0.25) is 0 Å². The highest BCUT2D eigenvalue weighted by atomic mass is 16.4. The number of nitrogens with two attached hydrogens (primary N) is 1. The fraction of sp³-hybridized carbons (Fsp3) is 0.174. The van der Waals surface area contributed by atoms with Gasteiger partial charge in [-0.15, -0.1) is 0 Å². The zero-order valence-corrected chi connectivity index (χ0v) is 16.4. The van der Waals surface area contributed by atoms with Crippen molar-refractivity contribution in [2.24, 2.45) is 0 Å². The van der Waals surface area contributed by atoms with E-state index in [1.165, 1.54) is 0 Å².